The molecule has 0 saturated heterocycles. The Morgan fingerprint density at radius 3 is 2.76 bits per heavy atom. The van der Waals surface area contributed by atoms with E-state index in [0.717, 1.165) is 25.8 Å². The van der Waals surface area contributed by atoms with Crippen LogP contribution in [0.1, 0.15) is 56.4 Å². The van der Waals surface area contributed by atoms with E-state index in [-0.39, 0.29) is 0 Å². The van der Waals surface area contributed by atoms with Gasteiger partial charge in [-0.1, -0.05) is 38.5 Å². The molecule has 1 N–H and O–H groups in total. The van der Waals surface area contributed by atoms with E-state index in [2.05, 4.69) is 37.4 Å². The van der Waals surface area contributed by atoms with E-state index >= 15 is 0 Å². The second kappa shape index (κ2) is 6.46. The maximum Gasteiger partial charge on any atom is 0.0758 e. The quantitative estimate of drug-likeness (QED) is 0.844. The Labute approximate surface area is 128 Å². The third-order valence-electron chi connectivity index (χ3n) is 4.45. The first kappa shape index (κ1) is 14.4. The number of hydrogen-bond donors (Lipinski definition) is 1. The van der Waals surface area contributed by atoms with Crippen molar-refractivity contribution in [3.63, 3.8) is 0 Å². The topological polar surface area (TPSA) is 24.9 Å². The summed E-state index contributed by atoms with van der Waals surface area (Å²) in [5.41, 5.74) is 6.84. The lowest BCUT2D eigenvalue weighted by Crippen LogP contribution is -2.12. The van der Waals surface area contributed by atoms with Gasteiger partial charge in [-0.05, 0) is 49.7 Å². The van der Waals surface area contributed by atoms with Crippen molar-refractivity contribution in [1.82, 2.24) is 4.98 Å². The van der Waals surface area contributed by atoms with Crippen LogP contribution < -0.4 is 5.32 Å². The second-order valence-electron chi connectivity index (χ2n) is 6.11. The van der Waals surface area contributed by atoms with Crippen LogP contribution in [-0.4, -0.2) is 11.5 Å². The lowest BCUT2D eigenvalue weighted by Gasteiger charge is -2.22. The molecular formula is C19H26N2. The zero-order valence-electron chi connectivity index (χ0n) is 13.3. The molecule has 112 valence electrons. The van der Waals surface area contributed by atoms with Crippen molar-refractivity contribution in [2.45, 2.75) is 58.8 Å². The number of hydrogen-bond acceptors (Lipinski definition) is 2. The average molecular weight is 282 g/mol. The van der Waals surface area contributed by atoms with Crippen LogP contribution in [0.15, 0.2) is 18.2 Å². The smallest absolute Gasteiger partial charge is 0.0758 e. The molecular weight excluding hydrogens is 256 g/mol. The van der Waals surface area contributed by atoms with Gasteiger partial charge in [-0.15, -0.1) is 0 Å². The third-order valence-corrected chi connectivity index (χ3v) is 4.45. The van der Waals surface area contributed by atoms with Crippen molar-refractivity contribution >= 4 is 16.6 Å². The molecule has 0 spiro atoms. The predicted octanol–water partition coefficient (Wildman–Crippen LogP) is 4.89. The normalized spacial score (nSPS) is 14.2. The molecule has 0 aliphatic heterocycles. The zero-order valence-corrected chi connectivity index (χ0v) is 13.3. The lowest BCUT2D eigenvalue weighted by atomic mass is 9.91. The van der Waals surface area contributed by atoms with Gasteiger partial charge >= 0.3 is 0 Å². The standard InChI is InChI=1S/C19H26N2/c1-3-8-14-9-7-11-16-18(14)21-17-12-6-5-10-15(17)19(16)20-13-4-2/h7,9,11H,3-6,8,10,12-13H2,1-2H3,(H,20,21). The summed E-state index contributed by atoms with van der Waals surface area (Å²) in [7, 11) is 0. The molecule has 2 heteroatoms. The van der Waals surface area contributed by atoms with Crippen molar-refractivity contribution < 1.29 is 0 Å². The van der Waals surface area contributed by atoms with Crippen LogP contribution in [-0.2, 0) is 19.3 Å². The molecule has 1 aromatic heterocycles. The summed E-state index contributed by atoms with van der Waals surface area (Å²) < 4.78 is 0. The molecule has 1 aliphatic carbocycles. The van der Waals surface area contributed by atoms with Gasteiger partial charge in [0.2, 0.25) is 0 Å². The summed E-state index contributed by atoms with van der Waals surface area (Å²) >= 11 is 0. The number of anilines is 1. The number of aromatic nitrogens is 1. The molecule has 0 bridgehead atoms. The highest BCUT2D eigenvalue weighted by atomic mass is 14.9. The largest absolute Gasteiger partial charge is 0.384 e. The number of aryl methyl sites for hydroxylation is 2. The minimum Gasteiger partial charge on any atom is -0.384 e. The Hall–Kier alpha value is -1.57. The lowest BCUT2D eigenvalue weighted by molar-refractivity contribution is 0.671. The first-order chi connectivity index (χ1) is 10.3. The molecule has 0 unspecified atom stereocenters. The van der Waals surface area contributed by atoms with E-state index in [0.29, 0.717) is 0 Å². The summed E-state index contributed by atoms with van der Waals surface area (Å²) in [5, 5.41) is 5.02. The number of para-hydroxylation sites is 1. The van der Waals surface area contributed by atoms with Gasteiger partial charge in [-0.25, -0.2) is 0 Å². The van der Waals surface area contributed by atoms with E-state index in [9.17, 15) is 0 Å². The highest BCUT2D eigenvalue weighted by molar-refractivity contribution is 5.95. The van der Waals surface area contributed by atoms with Gasteiger partial charge in [0.25, 0.3) is 0 Å². The molecule has 1 aliphatic rings. The molecule has 2 aromatic rings. The average Bonchev–Trinajstić information content (AvgIpc) is 2.52. The fraction of sp³-hybridized carbons (Fsp3) is 0.526. The number of benzene rings is 1. The molecule has 1 heterocycles. The summed E-state index contributed by atoms with van der Waals surface area (Å²) in [6, 6.07) is 6.69. The summed E-state index contributed by atoms with van der Waals surface area (Å²) in [5.74, 6) is 0. The molecule has 2 nitrogen and oxygen atoms in total. The van der Waals surface area contributed by atoms with Gasteiger partial charge < -0.3 is 5.32 Å². The van der Waals surface area contributed by atoms with Gasteiger partial charge in [-0.3, -0.25) is 4.98 Å². The molecule has 0 saturated carbocycles. The number of fused-ring (bicyclic) bond motifs is 2. The van der Waals surface area contributed by atoms with Crippen molar-refractivity contribution in [1.29, 1.82) is 0 Å². The zero-order chi connectivity index (χ0) is 14.7. The maximum absolute atomic E-state index is 5.06. The predicted molar refractivity (Wildman–Crippen MR) is 91.2 cm³/mol. The van der Waals surface area contributed by atoms with E-state index in [1.807, 2.05) is 0 Å². The van der Waals surface area contributed by atoms with Crippen molar-refractivity contribution in [3.8, 4) is 0 Å². The summed E-state index contributed by atoms with van der Waals surface area (Å²) in [6.45, 7) is 5.52. The van der Waals surface area contributed by atoms with E-state index in [4.69, 9.17) is 4.98 Å². The summed E-state index contributed by atoms with van der Waals surface area (Å²) in [4.78, 5) is 5.06. The van der Waals surface area contributed by atoms with E-state index < -0.39 is 0 Å². The monoisotopic (exact) mass is 282 g/mol. The third kappa shape index (κ3) is 2.76. The highest BCUT2D eigenvalue weighted by Gasteiger charge is 2.18. The first-order valence-electron chi connectivity index (χ1n) is 8.52. The van der Waals surface area contributed by atoms with Crippen LogP contribution in [0.5, 0.6) is 0 Å². The van der Waals surface area contributed by atoms with Crippen LogP contribution in [0.2, 0.25) is 0 Å². The minimum atomic E-state index is 1.05. The van der Waals surface area contributed by atoms with Gasteiger partial charge in [-0.2, -0.15) is 0 Å². The number of nitrogens with zero attached hydrogens (tertiary/aromatic N) is 1. The van der Waals surface area contributed by atoms with Crippen LogP contribution in [0.4, 0.5) is 5.69 Å². The molecule has 0 amide bonds. The Balaban J connectivity index is 2.20. The Kier molecular flexibility index (Phi) is 4.42. The van der Waals surface area contributed by atoms with Gasteiger partial charge in [0.15, 0.2) is 0 Å². The SMILES string of the molecule is CCCNc1c2c(nc3c(CCC)cccc13)CCCC2. The molecule has 0 radical (unpaired) electrons. The Morgan fingerprint density at radius 2 is 1.95 bits per heavy atom. The van der Waals surface area contributed by atoms with Gasteiger partial charge in [0.05, 0.1) is 5.52 Å². The maximum atomic E-state index is 5.06. The van der Waals surface area contributed by atoms with Crippen LogP contribution in [0.3, 0.4) is 0 Å². The van der Waals surface area contributed by atoms with Crippen LogP contribution >= 0.6 is 0 Å². The highest BCUT2D eigenvalue weighted by Crippen LogP contribution is 2.34. The number of pyridine rings is 1. The van der Waals surface area contributed by atoms with Crippen molar-refractivity contribution in [2.75, 3.05) is 11.9 Å². The fourth-order valence-corrected chi connectivity index (χ4v) is 3.43. The second-order valence-corrected chi connectivity index (χ2v) is 6.11. The van der Waals surface area contributed by atoms with E-state index in [1.54, 1.807) is 0 Å². The Bertz CT molecular complexity index is 631. The molecule has 21 heavy (non-hydrogen) atoms. The van der Waals surface area contributed by atoms with Crippen LogP contribution in [0.25, 0.3) is 10.9 Å². The molecule has 3 rings (SSSR count). The first-order valence-corrected chi connectivity index (χ1v) is 8.52. The Morgan fingerprint density at radius 1 is 1.10 bits per heavy atom. The van der Waals surface area contributed by atoms with Gasteiger partial charge in [0, 0.05) is 23.3 Å². The van der Waals surface area contributed by atoms with Crippen molar-refractivity contribution in [3.05, 3.63) is 35.0 Å². The number of nitrogens with one attached hydrogen (secondary N) is 1. The van der Waals surface area contributed by atoms with Crippen molar-refractivity contribution in [2.24, 2.45) is 0 Å². The van der Waals surface area contributed by atoms with Gasteiger partial charge in [0.1, 0.15) is 0 Å². The number of rotatable bonds is 5. The molecule has 0 atom stereocenters. The summed E-state index contributed by atoms with van der Waals surface area (Å²) in [6.07, 6.45) is 8.37. The fourth-order valence-electron chi connectivity index (χ4n) is 3.43. The van der Waals surface area contributed by atoms with E-state index in [1.165, 1.54) is 59.1 Å². The minimum absolute atomic E-state index is 1.05. The molecule has 0 fully saturated rings. The van der Waals surface area contributed by atoms with Crippen LogP contribution in [0, 0.1) is 0 Å². The molecule has 1 aromatic carbocycles.